The molecule has 5 N–H and O–H groups in total. The van der Waals surface area contributed by atoms with Crippen LogP contribution in [0, 0.1) is 17.3 Å². The molecule has 0 bridgehead atoms. The van der Waals surface area contributed by atoms with Gasteiger partial charge < -0.3 is 19.9 Å². The Morgan fingerprint density at radius 2 is 2.23 bits per heavy atom. The number of fused-ring (bicyclic) bond motifs is 2. The van der Waals surface area contributed by atoms with E-state index in [-0.39, 0.29) is 41.5 Å². The number of carbonyl (C=O) groups excluding carboxylic acids is 1. The number of nitrogens with one attached hydrogen (secondary N) is 2. The minimum absolute atomic E-state index is 0.000189. The number of imidazole rings is 1. The Morgan fingerprint density at radius 3 is 2.85 bits per heavy atom. The summed E-state index contributed by atoms with van der Waals surface area (Å²) in [6.07, 6.45) is -0.186. The number of hydrogen-bond acceptors (Lipinski definition) is 7. The molecule has 2 saturated carbocycles. The van der Waals surface area contributed by atoms with Gasteiger partial charge in [-0.2, -0.15) is 4.98 Å². The van der Waals surface area contributed by atoms with Gasteiger partial charge in [0, 0.05) is 11.3 Å². The number of aromatic amines is 1. The average molecular weight is 363 g/mol. The van der Waals surface area contributed by atoms with Gasteiger partial charge in [0.15, 0.2) is 11.2 Å². The van der Waals surface area contributed by atoms with E-state index in [4.69, 9.17) is 0 Å². The van der Waals surface area contributed by atoms with Crippen molar-refractivity contribution >= 4 is 23.0 Å². The van der Waals surface area contributed by atoms with Crippen molar-refractivity contribution in [2.24, 2.45) is 17.3 Å². The lowest BCUT2D eigenvalue weighted by Gasteiger charge is -2.23. The van der Waals surface area contributed by atoms with Gasteiger partial charge in [-0.15, -0.1) is 0 Å². The van der Waals surface area contributed by atoms with Crippen molar-refractivity contribution in [1.29, 1.82) is 0 Å². The summed E-state index contributed by atoms with van der Waals surface area (Å²) in [4.78, 5) is 35.0. The van der Waals surface area contributed by atoms with Crippen LogP contribution in [0.1, 0.15) is 26.3 Å². The van der Waals surface area contributed by atoms with Crippen LogP contribution in [0.3, 0.4) is 0 Å². The molecule has 5 atom stereocenters. The summed E-state index contributed by atoms with van der Waals surface area (Å²) in [7, 11) is 0. The molecule has 2 heterocycles. The molecule has 4 rings (SSSR count). The zero-order valence-corrected chi connectivity index (χ0v) is 14.4. The fourth-order valence-corrected chi connectivity index (χ4v) is 4.01. The Kier molecular flexibility index (Phi) is 3.69. The van der Waals surface area contributed by atoms with Gasteiger partial charge in [0.2, 0.25) is 11.9 Å². The van der Waals surface area contributed by atoms with Crippen molar-refractivity contribution in [3.8, 4) is 0 Å². The Bertz CT molecular complexity index is 937. The molecule has 0 aliphatic heterocycles. The first-order chi connectivity index (χ1) is 12.3. The van der Waals surface area contributed by atoms with Crippen molar-refractivity contribution in [1.82, 2.24) is 19.5 Å². The molecule has 0 aromatic carbocycles. The van der Waals surface area contributed by atoms with E-state index in [9.17, 15) is 24.9 Å². The summed E-state index contributed by atoms with van der Waals surface area (Å²) < 4.78 is 1.55. The first kappa shape index (κ1) is 17.1. The van der Waals surface area contributed by atoms with E-state index in [1.807, 2.05) is 0 Å². The van der Waals surface area contributed by atoms with E-state index in [1.54, 1.807) is 18.4 Å². The molecule has 2 fully saturated rings. The third-order valence-electron chi connectivity index (χ3n) is 5.67. The normalized spacial score (nSPS) is 32.8. The van der Waals surface area contributed by atoms with Crippen LogP contribution in [0.4, 0.5) is 5.95 Å². The first-order valence-electron chi connectivity index (χ1n) is 8.55. The van der Waals surface area contributed by atoms with Gasteiger partial charge in [0.05, 0.1) is 25.1 Å². The third-order valence-corrected chi connectivity index (χ3v) is 5.67. The fourth-order valence-electron chi connectivity index (χ4n) is 4.01. The maximum absolute atomic E-state index is 12.3. The summed E-state index contributed by atoms with van der Waals surface area (Å²) in [6, 6.07) is -0.551. The van der Waals surface area contributed by atoms with Crippen LogP contribution < -0.4 is 10.9 Å². The maximum Gasteiger partial charge on any atom is 0.280 e. The van der Waals surface area contributed by atoms with Crippen molar-refractivity contribution in [2.75, 3.05) is 11.9 Å². The number of rotatable bonds is 4. The van der Waals surface area contributed by atoms with Gasteiger partial charge in [0.1, 0.15) is 6.10 Å². The lowest BCUT2D eigenvalue weighted by atomic mass is 10.0. The SMILES string of the molecule is CC(C)C(=O)Nc1nc2c(ncn2[C@H]2[C@H](O)[C@H](O)C3(CO)C[C@H]23)c(=O)[nH]1. The summed E-state index contributed by atoms with van der Waals surface area (Å²) in [5.41, 5.74) is -0.928. The number of nitrogens with zero attached hydrogens (tertiary/aromatic N) is 3. The van der Waals surface area contributed by atoms with Crippen LogP contribution in [-0.4, -0.2) is 59.6 Å². The Balaban J connectivity index is 1.76. The largest absolute Gasteiger partial charge is 0.396 e. The number of aliphatic hydroxyl groups is 3. The number of hydrogen-bond donors (Lipinski definition) is 5. The van der Waals surface area contributed by atoms with Crippen LogP contribution in [0.2, 0.25) is 0 Å². The second-order valence-electron chi connectivity index (χ2n) is 7.51. The zero-order chi connectivity index (χ0) is 18.8. The molecule has 0 saturated heterocycles. The van der Waals surface area contributed by atoms with Crippen molar-refractivity contribution < 1.29 is 20.1 Å². The highest BCUT2D eigenvalue weighted by Gasteiger charge is 2.71. The molecule has 2 aliphatic rings. The number of amides is 1. The predicted octanol–water partition coefficient (Wildman–Crippen LogP) is -1.01. The first-order valence-corrected chi connectivity index (χ1v) is 8.55. The quantitative estimate of drug-likeness (QED) is 0.466. The molecule has 10 heteroatoms. The monoisotopic (exact) mass is 363 g/mol. The van der Waals surface area contributed by atoms with Gasteiger partial charge in [-0.25, -0.2) is 4.98 Å². The molecular weight excluding hydrogens is 342 g/mol. The lowest BCUT2D eigenvalue weighted by molar-refractivity contribution is -0.118. The highest BCUT2D eigenvalue weighted by molar-refractivity contribution is 5.91. The van der Waals surface area contributed by atoms with E-state index in [0.29, 0.717) is 6.42 Å². The van der Waals surface area contributed by atoms with Gasteiger partial charge in [0.25, 0.3) is 5.56 Å². The molecular formula is C16H21N5O5. The van der Waals surface area contributed by atoms with E-state index in [0.717, 1.165) is 0 Å². The van der Waals surface area contributed by atoms with E-state index >= 15 is 0 Å². The molecule has 2 aromatic rings. The predicted molar refractivity (Wildman–Crippen MR) is 90.3 cm³/mol. The summed E-state index contributed by atoms with van der Waals surface area (Å²) in [5, 5.41) is 32.9. The molecule has 10 nitrogen and oxygen atoms in total. The topological polar surface area (TPSA) is 153 Å². The summed E-state index contributed by atoms with van der Waals surface area (Å²) in [6.45, 7) is 3.21. The minimum Gasteiger partial charge on any atom is -0.396 e. The minimum atomic E-state index is -1.10. The van der Waals surface area contributed by atoms with Crippen LogP contribution >= 0.6 is 0 Å². The van der Waals surface area contributed by atoms with Crippen molar-refractivity contribution in [3.63, 3.8) is 0 Å². The molecule has 1 amide bonds. The highest BCUT2D eigenvalue weighted by atomic mass is 16.3. The van der Waals surface area contributed by atoms with Crippen LogP contribution in [0.25, 0.3) is 11.2 Å². The number of aromatic nitrogens is 4. The second kappa shape index (κ2) is 5.60. The fraction of sp³-hybridized carbons (Fsp3) is 0.625. The van der Waals surface area contributed by atoms with E-state index in [1.165, 1.54) is 6.33 Å². The van der Waals surface area contributed by atoms with Gasteiger partial charge in [-0.1, -0.05) is 13.8 Å². The third kappa shape index (κ3) is 2.22. The molecule has 26 heavy (non-hydrogen) atoms. The molecule has 2 aromatic heterocycles. The van der Waals surface area contributed by atoms with Gasteiger partial charge in [-0.05, 0) is 12.3 Å². The highest BCUT2D eigenvalue weighted by Crippen LogP contribution is 2.67. The molecule has 140 valence electrons. The molecule has 2 aliphatic carbocycles. The van der Waals surface area contributed by atoms with E-state index in [2.05, 4.69) is 20.3 Å². The van der Waals surface area contributed by atoms with Crippen LogP contribution in [0.15, 0.2) is 11.1 Å². The Labute approximate surface area is 147 Å². The molecule has 0 spiro atoms. The Hall–Kier alpha value is -2.30. The molecule has 1 unspecified atom stereocenters. The van der Waals surface area contributed by atoms with Crippen LogP contribution in [0.5, 0.6) is 0 Å². The van der Waals surface area contributed by atoms with Crippen molar-refractivity contribution in [2.45, 2.75) is 38.5 Å². The van der Waals surface area contributed by atoms with E-state index < -0.39 is 29.2 Å². The molecule has 0 radical (unpaired) electrons. The number of H-pyrrole nitrogens is 1. The Morgan fingerprint density at radius 1 is 1.50 bits per heavy atom. The summed E-state index contributed by atoms with van der Waals surface area (Å²) >= 11 is 0. The van der Waals surface area contributed by atoms with Crippen LogP contribution in [-0.2, 0) is 4.79 Å². The number of anilines is 1. The summed E-state index contributed by atoms with van der Waals surface area (Å²) in [5.74, 6) is -0.717. The maximum atomic E-state index is 12.3. The lowest BCUT2D eigenvalue weighted by Crippen LogP contribution is -2.35. The van der Waals surface area contributed by atoms with Crippen molar-refractivity contribution in [3.05, 3.63) is 16.7 Å². The van der Waals surface area contributed by atoms with Gasteiger partial charge >= 0.3 is 0 Å². The number of aliphatic hydroxyl groups excluding tert-OH is 3. The second-order valence-corrected chi connectivity index (χ2v) is 7.51. The standard InChI is InChI=1S/C16H21N5O5/c1-6(2)13(25)19-15-18-12-8(14(26)20-15)17-5-21(12)9-7-3-16(7,4-22)11(24)10(9)23/h5-7,9-11,22-24H,3-4H2,1-2H3,(H2,18,19,20,25,26)/t7-,9-,10+,11+,16?/m1/s1. The number of carbonyl (C=O) groups is 1. The smallest absolute Gasteiger partial charge is 0.280 e. The average Bonchev–Trinajstić information content (AvgIpc) is 3.11. The van der Waals surface area contributed by atoms with Gasteiger partial charge in [-0.3, -0.25) is 19.9 Å². The zero-order valence-electron chi connectivity index (χ0n) is 14.4.